The van der Waals surface area contributed by atoms with E-state index in [1.165, 1.54) is 12.1 Å². The zero-order chi connectivity index (χ0) is 18.3. The minimum atomic E-state index is -4.56. The standard InChI is InChI=1S/C17H21F3N2O2/c1-16(2)7-10(6-12(22)14(24)8-16)15(17(18,19)20)9-3-4-13(23)11(21)5-9/h3-6,15,23-24H,7-8,21-22H2,1-2H3. The summed E-state index contributed by atoms with van der Waals surface area (Å²) in [6.45, 7) is 3.54. The molecule has 0 saturated heterocycles. The third kappa shape index (κ3) is 3.77. The molecule has 24 heavy (non-hydrogen) atoms. The zero-order valence-corrected chi connectivity index (χ0v) is 13.5. The molecule has 0 bridgehead atoms. The SMILES string of the molecule is CC1(C)CC(C(c2ccc(O)c(N)c2)C(F)(F)F)=CC(N)=C(O)C1. The maximum Gasteiger partial charge on any atom is 0.399 e. The lowest BCUT2D eigenvalue weighted by Gasteiger charge is -2.29. The number of halogens is 3. The Labute approximate surface area is 138 Å². The lowest BCUT2D eigenvalue weighted by atomic mass is 9.77. The molecule has 1 unspecified atom stereocenters. The highest BCUT2D eigenvalue weighted by molar-refractivity contribution is 5.55. The fourth-order valence-corrected chi connectivity index (χ4v) is 3.06. The van der Waals surface area contributed by atoms with E-state index in [-0.39, 0.29) is 46.9 Å². The molecule has 0 amide bonds. The fraction of sp³-hybridized carbons (Fsp3) is 0.412. The van der Waals surface area contributed by atoms with E-state index in [2.05, 4.69) is 0 Å². The van der Waals surface area contributed by atoms with Gasteiger partial charge in [-0.1, -0.05) is 25.5 Å². The molecule has 2 rings (SSSR count). The maximum atomic E-state index is 13.8. The number of aliphatic hydroxyl groups is 1. The van der Waals surface area contributed by atoms with Crippen molar-refractivity contribution in [2.45, 2.75) is 38.8 Å². The number of aromatic hydroxyl groups is 1. The van der Waals surface area contributed by atoms with Gasteiger partial charge in [0.2, 0.25) is 0 Å². The van der Waals surface area contributed by atoms with Gasteiger partial charge < -0.3 is 21.7 Å². The van der Waals surface area contributed by atoms with Crippen LogP contribution in [0, 0.1) is 5.41 Å². The summed E-state index contributed by atoms with van der Waals surface area (Å²) in [5, 5.41) is 19.4. The van der Waals surface area contributed by atoms with Gasteiger partial charge in [0.1, 0.15) is 17.4 Å². The second kappa shape index (κ2) is 5.96. The second-order valence-corrected chi connectivity index (χ2v) is 6.93. The van der Waals surface area contributed by atoms with Gasteiger partial charge in [-0.25, -0.2) is 0 Å². The third-order valence-electron chi connectivity index (χ3n) is 4.09. The number of aliphatic hydroxyl groups excluding tert-OH is 1. The van der Waals surface area contributed by atoms with Gasteiger partial charge in [-0.05, 0) is 35.6 Å². The average molecular weight is 342 g/mol. The largest absolute Gasteiger partial charge is 0.510 e. The third-order valence-corrected chi connectivity index (χ3v) is 4.09. The Bertz CT molecular complexity index is 706. The van der Waals surface area contributed by atoms with E-state index in [4.69, 9.17) is 11.5 Å². The van der Waals surface area contributed by atoms with Gasteiger partial charge >= 0.3 is 6.18 Å². The number of nitrogens with two attached hydrogens (primary N) is 2. The van der Waals surface area contributed by atoms with E-state index in [0.717, 1.165) is 12.1 Å². The maximum absolute atomic E-state index is 13.8. The van der Waals surface area contributed by atoms with E-state index in [1.54, 1.807) is 13.8 Å². The van der Waals surface area contributed by atoms with Crippen LogP contribution in [0.15, 0.2) is 41.3 Å². The molecule has 1 aromatic carbocycles. The minimum Gasteiger partial charge on any atom is -0.510 e. The fourth-order valence-electron chi connectivity index (χ4n) is 3.06. The summed E-state index contributed by atoms with van der Waals surface area (Å²) in [5.41, 5.74) is 10.5. The Morgan fingerprint density at radius 3 is 2.29 bits per heavy atom. The van der Waals surface area contributed by atoms with Crippen LogP contribution in [0.3, 0.4) is 0 Å². The molecular weight excluding hydrogens is 321 g/mol. The first kappa shape index (κ1) is 18.0. The van der Waals surface area contributed by atoms with Crippen LogP contribution in [-0.4, -0.2) is 16.4 Å². The van der Waals surface area contributed by atoms with Crippen molar-refractivity contribution in [2.75, 3.05) is 5.73 Å². The monoisotopic (exact) mass is 342 g/mol. The summed E-state index contributed by atoms with van der Waals surface area (Å²) >= 11 is 0. The van der Waals surface area contributed by atoms with Crippen molar-refractivity contribution < 1.29 is 23.4 Å². The van der Waals surface area contributed by atoms with Gasteiger partial charge in [0.25, 0.3) is 0 Å². The van der Waals surface area contributed by atoms with Crippen LogP contribution in [0.1, 0.15) is 38.2 Å². The molecule has 0 aliphatic heterocycles. The van der Waals surface area contributed by atoms with Gasteiger partial charge in [-0.2, -0.15) is 13.2 Å². The number of phenolic OH excluding ortho intramolecular Hbond substituents is 1. The Morgan fingerprint density at radius 1 is 1.12 bits per heavy atom. The summed E-state index contributed by atoms with van der Waals surface area (Å²) in [6.07, 6.45) is -3.05. The molecule has 7 heteroatoms. The molecule has 1 atom stereocenters. The molecule has 6 N–H and O–H groups in total. The number of hydrogen-bond acceptors (Lipinski definition) is 4. The highest BCUT2D eigenvalue weighted by Gasteiger charge is 2.45. The smallest absolute Gasteiger partial charge is 0.399 e. The van der Waals surface area contributed by atoms with E-state index >= 15 is 0 Å². The average Bonchev–Trinajstić information content (AvgIpc) is 2.49. The Balaban J connectivity index is 2.60. The lowest BCUT2D eigenvalue weighted by molar-refractivity contribution is -0.142. The molecule has 0 fully saturated rings. The van der Waals surface area contributed by atoms with Crippen molar-refractivity contribution >= 4 is 5.69 Å². The molecule has 1 aromatic rings. The van der Waals surface area contributed by atoms with Gasteiger partial charge in [0.15, 0.2) is 0 Å². The highest BCUT2D eigenvalue weighted by Crippen LogP contribution is 2.47. The molecule has 0 saturated carbocycles. The van der Waals surface area contributed by atoms with E-state index in [0.29, 0.717) is 0 Å². The molecule has 0 spiro atoms. The van der Waals surface area contributed by atoms with Gasteiger partial charge in [-0.15, -0.1) is 0 Å². The van der Waals surface area contributed by atoms with Crippen molar-refractivity contribution in [3.63, 3.8) is 0 Å². The number of allylic oxidation sites excluding steroid dienone is 3. The van der Waals surface area contributed by atoms with Crippen LogP contribution < -0.4 is 11.5 Å². The minimum absolute atomic E-state index is 0.0548. The number of nitrogen functional groups attached to an aromatic ring is 1. The molecule has 1 aliphatic rings. The number of phenols is 1. The van der Waals surface area contributed by atoms with Crippen molar-refractivity contribution in [3.05, 3.63) is 46.9 Å². The lowest BCUT2D eigenvalue weighted by Crippen LogP contribution is -2.25. The number of rotatable bonds is 2. The summed E-state index contributed by atoms with van der Waals surface area (Å²) in [4.78, 5) is 0. The zero-order valence-electron chi connectivity index (χ0n) is 13.5. The van der Waals surface area contributed by atoms with Gasteiger partial charge in [0.05, 0.1) is 11.4 Å². The van der Waals surface area contributed by atoms with Crippen LogP contribution in [0.2, 0.25) is 0 Å². The number of anilines is 1. The van der Waals surface area contributed by atoms with Crippen LogP contribution in [0.25, 0.3) is 0 Å². The first-order valence-electron chi connectivity index (χ1n) is 7.44. The number of benzene rings is 1. The summed E-state index contributed by atoms with van der Waals surface area (Å²) in [6, 6.07) is 3.46. The van der Waals surface area contributed by atoms with Crippen molar-refractivity contribution in [1.82, 2.24) is 0 Å². The summed E-state index contributed by atoms with van der Waals surface area (Å²) in [7, 11) is 0. The van der Waals surface area contributed by atoms with Crippen molar-refractivity contribution in [1.29, 1.82) is 0 Å². The first-order valence-corrected chi connectivity index (χ1v) is 7.44. The van der Waals surface area contributed by atoms with E-state index < -0.39 is 17.5 Å². The second-order valence-electron chi connectivity index (χ2n) is 6.93. The predicted octanol–water partition coefficient (Wildman–Crippen LogP) is 4.10. The Kier molecular flexibility index (Phi) is 4.48. The van der Waals surface area contributed by atoms with Crippen LogP contribution in [0.5, 0.6) is 5.75 Å². The molecule has 0 aromatic heterocycles. The molecule has 0 radical (unpaired) electrons. The topological polar surface area (TPSA) is 92.5 Å². The van der Waals surface area contributed by atoms with Crippen molar-refractivity contribution in [3.8, 4) is 5.75 Å². The first-order chi connectivity index (χ1) is 10.9. The molecule has 0 heterocycles. The normalized spacial score (nSPS) is 19.6. The summed E-state index contributed by atoms with van der Waals surface area (Å²) < 4.78 is 41.3. The van der Waals surface area contributed by atoms with E-state index in [9.17, 15) is 23.4 Å². The predicted molar refractivity (Wildman–Crippen MR) is 86.3 cm³/mol. The van der Waals surface area contributed by atoms with Crippen LogP contribution in [-0.2, 0) is 0 Å². The molecule has 1 aliphatic carbocycles. The van der Waals surface area contributed by atoms with Crippen molar-refractivity contribution in [2.24, 2.45) is 11.1 Å². The number of hydrogen-bond donors (Lipinski definition) is 4. The molecule has 132 valence electrons. The molecular formula is C17H21F3N2O2. The quantitative estimate of drug-likeness (QED) is 0.481. The Morgan fingerprint density at radius 2 is 1.75 bits per heavy atom. The molecule has 4 nitrogen and oxygen atoms in total. The highest BCUT2D eigenvalue weighted by atomic mass is 19.4. The number of alkyl halides is 3. The summed E-state index contributed by atoms with van der Waals surface area (Å²) in [5.74, 6) is -2.29. The van der Waals surface area contributed by atoms with Gasteiger partial charge in [0, 0.05) is 6.42 Å². The van der Waals surface area contributed by atoms with Gasteiger partial charge in [-0.3, -0.25) is 0 Å². The van der Waals surface area contributed by atoms with Crippen LogP contribution >= 0.6 is 0 Å². The van der Waals surface area contributed by atoms with Crippen LogP contribution in [0.4, 0.5) is 18.9 Å². The Hall–Kier alpha value is -2.31. The van der Waals surface area contributed by atoms with E-state index in [1.807, 2.05) is 0 Å².